The minimum atomic E-state index is -0.216. The molecule has 0 fully saturated rings. The van der Waals surface area contributed by atoms with Crippen molar-refractivity contribution in [1.29, 1.82) is 0 Å². The first-order valence-corrected chi connectivity index (χ1v) is 7.21. The summed E-state index contributed by atoms with van der Waals surface area (Å²) in [5.74, 6) is -0.216. The van der Waals surface area contributed by atoms with Gasteiger partial charge in [-0.05, 0) is 50.6 Å². The zero-order valence-electron chi connectivity index (χ0n) is 11.3. The van der Waals surface area contributed by atoms with E-state index in [1.807, 2.05) is 0 Å². The molecule has 1 aromatic carbocycles. The molecule has 102 valence electrons. The van der Waals surface area contributed by atoms with Crippen molar-refractivity contribution >= 4 is 15.9 Å². The van der Waals surface area contributed by atoms with Crippen LogP contribution in [0.2, 0.25) is 0 Å². The Bertz CT molecular complexity index is 382. The van der Waals surface area contributed by atoms with E-state index < -0.39 is 0 Å². The van der Waals surface area contributed by atoms with E-state index in [-0.39, 0.29) is 11.9 Å². The molecule has 4 heteroatoms. The number of nitrogens with zero attached hydrogens (tertiary/aromatic N) is 1. The summed E-state index contributed by atoms with van der Waals surface area (Å²) in [7, 11) is 0. The summed E-state index contributed by atoms with van der Waals surface area (Å²) in [4.78, 5) is 2.32. The summed E-state index contributed by atoms with van der Waals surface area (Å²) in [6.07, 6.45) is 1.06. The van der Waals surface area contributed by atoms with Gasteiger partial charge in [0, 0.05) is 23.1 Å². The third-order valence-corrected chi connectivity index (χ3v) is 3.81. The molecular formula is C14H22BrFN2. The predicted molar refractivity (Wildman–Crippen MR) is 78.0 cm³/mol. The van der Waals surface area contributed by atoms with Gasteiger partial charge in [0.05, 0.1) is 0 Å². The number of rotatable bonds is 6. The predicted octanol–water partition coefficient (Wildman–Crippen LogP) is 3.71. The largest absolute Gasteiger partial charge is 0.329 e. The highest BCUT2D eigenvalue weighted by Gasteiger charge is 2.23. The lowest BCUT2D eigenvalue weighted by Crippen LogP contribution is -2.39. The highest BCUT2D eigenvalue weighted by Crippen LogP contribution is 2.29. The van der Waals surface area contributed by atoms with E-state index in [2.05, 4.69) is 41.6 Å². The van der Waals surface area contributed by atoms with Crippen molar-refractivity contribution in [3.05, 3.63) is 34.1 Å². The molecule has 0 saturated heterocycles. The summed E-state index contributed by atoms with van der Waals surface area (Å²) < 4.78 is 14.3. The summed E-state index contributed by atoms with van der Waals surface area (Å²) in [5, 5.41) is 0. The van der Waals surface area contributed by atoms with E-state index in [1.165, 1.54) is 6.07 Å². The fraction of sp³-hybridized carbons (Fsp3) is 0.571. The van der Waals surface area contributed by atoms with Gasteiger partial charge in [-0.3, -0.25) is 4.90 Å². The first-order chi connectivity index (χ1) is 8.51. The van der Waals surface area contributed by atoms with E-state index in [0.717, 1.165) is 23.0 Å². The summed E-state index contributed by atoms with van der Waals surface area (Å²) in [6.45, 7) is 7.88. The van der Waals surface area contributed by atoms with Crippen LogP contribution in [0.4, 0.5) is 4.39 Å². The number of halogens is 2. The van der Waals surface area contributed by atoms with Gasteiger partial charge in [-0.25, -0.2) is 4.39 Å². The molecule has 2 N–H and O–H groups in total. The van der Waals surface area contributed by atoms with Crippen molar-refractivity contribution < 1.29 is 4.39 Å². The van der Waals surface area contributed by atoms with Crippen LogP contribution in [-0.2, 0) is 0 Å². The van der Waals surface area contributed by atoms with Crippen LogP contribution >= 0.6 is 15.9 Å². The third kappa shape index (κ3) is 3.77. The van der Waals surface area contributed by atoms with E-state index in [9.17, 15) is 4.39 Å². The van der Waals surface area contributed by atoms with Crippen molar-refractivity contribution in [1.82, 2.24) is 4.90 Å². The molecule has 0 aromatic heterocycles. The topological polar surface area (TPSA) is 29.3 Å². The van der Waals surface area contributed by atoms with Gasteiger partial charge < -0.3 is 5.73 Å². The average molecular weight is 317 g/mol. The lowest BCUT2D eigenvalue weighted by molar-refractivity contribution is 0.156. The maximum Gasteiger partial charge on any atom is 0.123 e. The fourth-order valence-corrected chi connectivity index (χ4v) is 2.75. The number of hydrogen-bond acceptors (Lipinski definition) is 2. The monoisotopic (exact) mass is 316 g/mol. The quantitative estimate of drug-likeness (QED) is 0.867. The van der Waals surface area contributed by atoms with Crippen LogP contribution in [0.1, 0.15) is 38.8 Å². The van der Waals surface area contributed by atoms with Crippen LogP contribution in [0.3, 0.4) is 0 Å². The molecule has 1 atom stereocenters. The Balaban J connectivity index is 3.10. The van der Waals surface area contributed by atoms with E-state index in [4.69, 9.17) is 5.73 Å². The standard InChI is InChI=1S/C14H22BrFN2/c1-4-7-18(10(2)3)14(9-17)12-8-11(16)5-6-13(12)15/h5-6,8,10,14H,4,7,9,17H2,1-3H3. The molecule has 0 heterocycles. The normalized spacial score (nSPS) is 13.3. The SMILES string of the molecule is CCCN(C(C)C)C(CN)c1cc(F)ccc1Br. The van der Waals surface area contributed by atoms with Gasteiger partial charge in [0.25, 0.3) is 0 Å². The van der Waals surface area contributed by atoms with Crippen LogP contribution in [-0.4, -0.2) is 24.0 Å². The molecule has 1 rings (SSSR count). The zero-order chi connectivity index (χ0) is 13.7. The van der Waals surface area contributed by atoms with E-state index in [0.29, 0.717) is 12.6 Å². The smallest absolute Gasteiger partial charge is 0.123 e. The molecule has 18 heavy (non-hydrogen) atoms. The molecule has 0 spiro atoms. The van der Waals surface area contributed by atoms with Gasteiger partial charge in [0.2, 0.25) is 0 Å². The number of hydrogen-bond donors (Lipinski definition) is 1. The fourth-order valence-electron chi connectivity index (χ4n) is 2.24. The Morgan fingerprint density at radius 1 is 1.39 bits per heavy atom. The Morgan fingerprint density at radius 3 is 2.56 bits per heavy atom. The van der Waals surface area contributed by atoms with Crippen LogP contribution < -0.4 is 5.73 Å². The first-order valence-electron chi connectivity index (χ1n) is 6.42. The minimum Gasteiger partial charge on any atom is -0.329 e. The molecule has 0 radical (unpaired) electrons. The van der Waals surface area contributed by atoms with Crippen LogP contribution in [0, 0.1) is 5.82 Å². The van der Waals surface area contributed by atoms with Crippen LogP contribution in [0.5, 0.6) is 0 Å². The number of benzene rings is 1. The highest BCUT2D eigenvalue weighted by molar-refractivity contribution is 9.10. The highest BCUT2D eigenvalue weighted by atomic mass is 79.9. The maximum atomic E-state index is 13.4. The average Bonchev–Trinajstić information content (AvgIpc) is 2.33. The van der Waals surface area contributed by atoms with Crippen molar-refractivity contribution in [2.45, 2.75) is 39.3 Å². The van der Waals surface area contributed by atoms with Crippen molar-refractivity contribution in [3.8, 4) is 0 Å². The Morgan fingerprint density at radius 2 is 2.06 bits per heavy atom. The van der Waals surface area contributed by atoms with Crippen molar-refractivity contribution in [3.63, 3.8) is 0 Å². The van der Waals surface area contributed by atoms with Crippen LogP contribution in [0.25, 0.3) is 0 Å². The first kappa shape index (κ1) is 15.6. The molecule has 0 aliphatic carbocycles. The second kappa shape index (κ2) is 7.22. The van der Waals surface area contributed by atoms with Gasteiger partial charge in [-0.15, -0.1) is 0 Å². The molecule has 0 bridgehead atoms. The molecule has 0 saturated carbocycles. The van der Waals surface area contributed by atoms with E-state index >= 15 is 0 Å². The van der Waals surface area contributed by atoms with Crippen LogP contribution in [0.15, 0.2) is 22.7 Å². The molecule has 0 aliphatic heterocycles. The maximum absolute atomic E-state index is 13.4. The molecule has 0 amide bonds. The summed E-state index contributed by atoms with van der Waals surface area (Å²) in [5.41, 5.74) is 6.84. The number of nitrogens with two attached hydrogens (primary N) is 1. The second-order valence-corrected chi connectivity index (χ2v) is 5.60. The molecule has 1 aromatic rings. The summed E-state index contributed by atoms with van der Waals surface area (Å²) >= 11 is 3.49. The lowest BCUT2D eigenvalue weighted by Gasteiger charge is -2.35. The Labute approximate surface area is 117 Å². The Hall–Kier alpha value is -0.450. The Kier molecular flexibility index (Phi) is 6.26. The van der Waals surface area contributed by atoms with Gasteiger partial charge in [-0.2, -0.15) is 0 Å². The van der Waals surface area contributed by atoms with Gasteiger partial charge in [0.15, 0.2) is 0 Å². The van der Waals surface area contributed by atoms with Gasteiger partial charge in [-0.1, -0.05) is 22.9 Å². The molecule has 1 unspecified atom stereocenters. The van der Waals surface area contributed by atoms with E-state index in [1.54, 1.807) is 12.1 Å². The zero-order valence-corrected chi connectivity index (χ0v) is 12.9. The van der Waals surface area contributed by atoms with Gasteiger partial charge >= 0.3 is 0 Å². The molecular weight excluding hydrogens is 295 g/mol. The van der Waals surface area contributed by atoms with Gasteiger partial charge in [0.1, 0.15) is 5.82 Å². The third-order valence-electron chi connectivity index (χ3n) is 3.09. The molecule has 0 aliphatic rings. The summed E-state index contributed by atoms with van der Waals surface area (Å²) in [6, 6.07) is 5.22. The van der Waals surface area contributed by atoms with Crippen molar-refractivity contribution in [2.24, 2.45) is 5.73 Å². The second-order valence-electron chi connectivity index (χ2n) is 4.75. The van der Waals surface area contributed by atoms with Crippen molar-refractivity contribution in [2.75, 3.05) is 13.1 Å². The lowest BCUT2D eigenvalue weighted by atomic mass is 10.0. The minimum absolute atomic E-state index is 0.0509. The molecule has 2 nitrogen and oxygen atoms in total.